The van der Waals surface area contributed by atoms with Gasteiger partial charge in [0.15, 0.2) is 5.16 Å². The molecule has 0 saturated heterocycles. The van der Waals surface area contributed by atoms with Crippen LogP contribution in [-0.4, -0.2) is 39.6 Å². The molecule has 6 nitrogen and oxygen atoms in total. The summed E-state index contributed by atoms with van der Waals surface area (Å²) < 4.78 is 7.08. The van der Waals surface area contributed by atoms with Crippen LogP contribution in [0.15, 0.2) is 35.7 Å². The molecule has 2 rings (SSSR count). The van der Waals surface area contributed by atoms with Crippen molar-refractivity contribution in [2.24, 2.45) is 0 Å². The van der Waals surface area contributed by atoms with Crippen molar-refractivity contribution in [1.82, 2.24) is 20.1 Å². The molecule has 0 fully saturated rings. The summed E-state index contributed by atoms with van der Waals surface area (Å²) in [4.78, 5) is 12.0. The second-order valence-corrected chi connectivity index (χ2v) is 6.04. The highest BCUT2D eigenvalue weighted by Gasteiger charge is 2.18. The van der Waals surface area contributed by atoms with Crippen LogP contribution in [0.5, 0.6) is 5.75 Å². The van der Waals surface area contributed by atoms with Gasteiger partial charge in [0, 0.05) is 12.6 Å². The van der Waals surface area contributed by atoms with Crippen molar-refractivity contribution < 1.29 is 9.53 Å². The van der Waals surface area contributed by atoms with Gasteiger partial charge in [0.2, 0.25) is 5.91 Å². The molecule has 1 aromatic heterocycles. The largest absolute Gasteiger partial charge is 0.497 e. The predicted octanol–water partition coefficient (Wildman–Crippen LogP) is 2.28. The van der Waals surface area contributed by atoms with E-state index in [4.69, 9.17) is 4.74 Å². The number of carbonyl (C=O) groups excluding carboxylic acids is 1. The van der Waals surface area contributed by atoms with Crippen molar-refractivity contribution in [3.8, 4) is 11.4 Å². The molecule has 0 aliphatic rings. The van der Waals surface area contributed by atoms with E-state index in [2.05, 4.69) is 15.5 Å². The first-order valence-corrected chi connectivity index (χ1v) is 8.02. The Labute approximate surface area is 134 Å². The van der Waals surface area contributed by atoms with E-state index in [9.17, 15) is 4.79 Å². The molecule has 1 heterocycles. The van der Waals surface area contributed by atoms with E-state index in [1.54, 1.807) is 13.4 Å². The molecule has 0 spiro atoms. The minimum absolute atomic E-state index is 0.00652. The van der Waals surface area contributed by atoms with Gasteiger partial charge in [-0.25, -0.2) is 0 Å². The average Bonchev–Trinajstić information content (AvgIpc) is 3.00. The maximum Gasteiger partial charge on any atom is 0.233 e. The zero-order valence-electron chi connectivity index (χ0n) is 12.9. The van der Waals surface area contributed by atoms with Crippen LogP contribution < -0.4 is 10.1 Å². The SMILES string of the molecule is CCCNC(=O)C(C)Sc1nncn1-c1cccc(OC)c1. The average molecular weight is 320 g/mol. The first-order chi connectivity index (χ1) is 10.7. The summed E-state index contributed by atoms with van der Waals surface area (Å²) in [6, 6.07) is 7.62. The van der Waals surface area contributed by atoms with Crippen LogP contribution in [-0.2, 0) is 4.79 Å². The first-order valence-electron chi connectivity index (χ1n) is 7.14. The van der Waals surface area contributed by atoms with Gasteiger partial charge in [-0.05, 0) is 25.5 Å². The molecule has 1 aromatic carbocycles. The van der Waals surface area contributed by atoms with Gasteiger partial charge < -0.3 is 10.1 Å². The molecule has 1 unspecified atom stereocenters. The predicted molar refractivity (Wildman–Crippen MR) is 86.5 cm³/mol. The normalized spacial score (nSPS) is 12.0. The highest BCUT2D eigenvalue weighted by Crippen LogP contribution is 2.25. The molecule has 1 amide bonds. The highest BCUT2D eigenvalue weighted by molar-refractivity contribution is 8.00. The van der Waals surface area contributed by atoms with Crippen LogP contribution in [0.4, 0.5) is 0 Å². The van der Waals surface area contributed by atoms with E-state index in [0.717, 1.165) is 17.9 Å². The number of hydrogen-bond donors (Lipinski definition) is 1. The minimum Gasteiger partial charge on any atom is -0.497 e. The zero-order chi connectivity index (χ0) is 15.9. The number of rotatable bonds is 7. The quantitative estimate of drug-likeness (QED) is 0.793. The van der Waals surface area contributed by atoms with E-state index in [-0.39, 0.29) is 11.2 Å². The van der Waals surface area contributed by atoms with E-state index in [0.29, 0.717) is 11.7 Å². The number of carbonyl (C=O) groups is 1. The van der Waals surface area contributed by atoms with Crippen molar-refractivity contribution in [2.75, 3.05) is 13.7 Å². The van der Waals surface area contributed by atoms with E-state index < -0.39 is 0 Å². The summed E-state index contributed by atoms with van der Waals surface area (Å²) in [5, 5.41) is 11.4. The Morgan fingerprint density at radius 1 is 1.50 bits per heavy atom. The zero-order valence-corrected chi connectivity index (χ0v) is 13.8. The Balaban J connectivity index is 2.13. The Hall–Kier alpha value is -2.02. The van der Waals surface area contributed by atoms with Gasteiger partial charge in [-0.2, -0.15) is 0 Å². The van der Waals surface area contributed by atoms with Gasteiger partial charge in [0.1, 0.15) is 12.1 Å². The lowest BCUT2D eigenvalue weighted by Crippen LogP contribution is -2.31. The minimum atomic E-state index is -0.236. The summed E-state index contributed by atoms with van der Waals surface area (Å²) in [7, 11) is 1.63. The number of aromatic nitrogens is 3. The maximum absolute atomic E-state index is 12.0. The number of methoxy groups -OCH3 is 1. The van der Waals surface area contributed by atoms with E-state index in [1.165, 1.54) is 11.8 Å². The van der Waals surface area contributed by atoms with Crippen LogP contribution in [0.3, 0.4) is 0 Å². The van der Waals surface area contributed by atoms with Crippen molar-refractivity contribution in [2.45, 2.75) is 30.7 Å². The fraction of sp³-hybridized carbons (Fsp3) is 0.400. The van der Waals surface area contributed by atoms with Gasteiger partial charge in [-0.15, -0.1) is 10.2 Å². The molecule has 1 N–H and O–H groups in total. The number of amides is 1. The first kappa shape index (κ1) is 16.4. The molecular weight excluding hydrogens is 300 g/mol. The second-order valence-electron chi connectivity index (χ2n) is 4.74. The Bertz CT molecular complexity index is 630. The summed E-state index contributed by atoms with van der Waals surface area (Å²) >= 11 is 1.38. The summed E-state index contributed by atoms with van der Waals surface area (Å²) in [5.74, 6) is 0.767. The summed E-state index contributed by atoms with van der Waals surface area (Å²) in [6.45, 7) is 4.57. The fourth-order valence-electron chi connectivity index (χ4n) is 1.85. The lowest BCUT2D eigenvalue weighted by molar-refractivity contribution is -0.120. The van der Waals surface area contributed by atoms with Crippen molar-refractivity contribution in [1.29, 1.82) is 0 Å². The highest BCUT2D eigenvalue weighted by atomic mass is 32.2. The number of nitrogens with zero attached hydrogens (tertiary/aromatic N) is 3. The van der Waals surface area contributed by atoms with Crippen molar-refractivity contribution >= 4 is 17.7 Å². The molecule has 0 saturated carbocycles. The lowest BCUT2D eigenvalue weighted by atomic mass is 10.3. The van der Waals surface area contributed by atoms with E-state index in [1.807, 2.05) is 42.7 Å². The number of hydrogen-bond acceptors (Lipinski definition) is 5. The molecule has 1 atom stereocenters. The van der Waals surface area contributed by atoms with Crippen LogP contribution in [0, 0.1) is 0 Å². The van der Waals surface area contributed by atoms with Crippen LogP contribution in [0.25, 0.3) is 5.69 Å². The standard InChI is InChI=1S/C15H20N4O2S/c1-4-8-16-14(20)11(2)22-15-18-17-10-19(15)12-6-5-7-13(9-12)21-3/h5-7,9-11H,4,8H2,1-3H3,(H,16,20). The van der Waals surface area contributed by atoms with Crippen molar-refractivity contribution in [3.05, 3.63) is 30.6 Å². The molecule has 118 valence electrons. The molecule has 0 aliphatic carbocycles. The third kappa shape index (κ3) is 4.00. The maximum atomic E-state index is 12.0. The van der Waals surface area contributed by atoms with E-state index >= 15 is 0 Å². The third-order valence-electron chi connectivity index (χ3n) is 3.05. The molecule has 22 heavy (non-hydrogen) atoms. The summed E-state index contributed by atoms with van der Waals surface area (Å²) in [6.07, 6.45) is 2.55. The second kappa shape index (κ2) is 7.84. The number of benzene rings is 1. The third-order valence-corrected chi connectivity index (χ3v) is 4.11. The number of nitrogens with one attached hydrogen (secondary N) is 1. The fourth-order valence-corrected chi connectivity index (χ4v) is 2.71. The molecular formula is C15H20N4O2S. The Kier molecular flexibility index (Phi) is 5.83. The number of ether oxygens (including phenoxy) is 1. The van der Waals surface area contributed by atoms with Crippen molar-refractivity contribution in [3.63, 3.8) is 0 Å². The topological polar surface area (TPSA) is 69.0 Å². The van der Waals surface area contributed by atoms with Crippen LogP contribution >= 0.6 is 11.8 Å². The van der Waals surface area contributed by atoms with Crippen LogP contribution in [0.2, 0.25) is 0 Å². The van der Waals surface area contributed by atoms with Gasteiger partial charge in [0.05, 0.1) is 18.0 Å². The smallest absolute Gasteiger partial charge is 0.233 e. The Morgan fingerprint density at radius 2 is 2.32 bits per heavy atom. The van der Waals surface area contributed by atoms with Crippen LogP contribution in [0.1, 0.15) is 20.3 Å². The summed E-state index contributed by atoms with van der Waals surface area (Å²) in [5.41, 5.74) is 0.896. The number of thioether (sulfide) groups is 1. The van der Waals surface area contributed by atoms with Gasteiger partial charge >= 0.3 is 0 Å². The molecule has 0 bridgehead atoms. The molecule has 7 heteroatoms. The lowest BCUT2D eigenvalue weighted by Gasteiger charge is -2.12. The van der Waals surface area contributed by atoms with Gasteiger partial charge in [-0.3, -0.25) is 9.36 Å². The monoisotopic (exact) mass is 320 g/mol. The van der Waals surface area contributed by atoms with Gasteiger partial charge in [-0.1, -0.05) is 24.8 Å². The van der Waals surface area contributed by atoms with Gasteiger partial charge in [0.25, 0.3) is 0 Å². The molecule has 0 radical (unpaired) electrons. The Morgan fingerprint density at radius 3 is 3.05 bits per heavy atom. The molecule has 2 aromatic rings. The molecule has 0 aliphatic heterocycles.